The van der Waals surface area contributed by atoms with Crippen LogP contribution in [0.1, 0.15) is 42.6 Å². The van der Waals surface area contributed by atoms with Gasteiger partial charge < -0.3 is 4.74 Å². The maximum absolute atomic E-state index is 14.0. The first-order valence-corrected chi connectivity index (χ1v) is 10.1. The highest BCUT2D eigenvalue weighted by molar-refractivity contribution is 7.18. The molecule has 0 saturated carbocycles. The molecule has 3 heterocycles. The molecular formula is C20H25FN5OP. The first kappa shape index (κ1) is 19.2. The third-order valence-corrected chi connectivity index (χ3v) is 5.13. The number of nitrogens with zero attached hydrogens (tertiary/aromatic N) is 5. The second-order valence-corrected chi connectivity index (χ2v) is 8.60. The molecule has 0 bridgehead atoms. The van der Waals surface area contributed by atoms with E-state index in [0.717, 1.165) is 49.4 Å². The minimum atomic E-state index is -1.78. The van der Waals surface area contributed by atoms with E-state index in [-0.39, 0.29) is 0 Å². The van der Waals surface area contributed by atoms with E-state index in [1.54, 1.807) is 6.33 Å². The van der Waals surface area contributed by atoms with Crippen LogP contribution in [0.15, 0.2) is 36.7 Å². The summed E-state index contributed by atoms with van der Waals surface area (Å²) in [6.07, 6.45) is 3.74. The topological polar surface area (TPSA) is 55.6 Å². The lowest BCUT2D eigenvalue weighted by Crippen LogP contribution is -2.35. The average molecular weight is 401 g/mol. The molecule has 6 nitrogen and oxygen atoms in total. The number of halogens is 1. The van der Waals surface area contributed by atoms with E-state index in [2.05, 4.69) is 35.3 Å². The van der Waals surface area contributed by atoms with Crippen molar-refractivity contribution in [3.63, 3.8) is 0 Å². The number of piperidine rings is 1. The smallest absolute Gasteiger partial charge is 0.256 e. The van der Waals surface area contributed by atoms with Gasteiger partial charge in [-0.1, -0.05) is 27.4 Å². The minimum absolute atomic E-state index is 0.348. The molecule has 1 fully saturated rings. The van der Waals surface area contributed by atoms with E-state index in [1.165, 1.54) is 6.92 Å². The Morgan fingerprint density at radius 2 is 2.18 bits per heavy atom. The zero-order valence-electron chi connectivity index (χ0n) is 16.2. The number of aromatic nitrogens is 4. The number of hydrogen-bond donors (Lipinski definition) is 0. The van der Waals surface area contributed by atoms with Crippen molar-refractivity contribution in [3.8, 4) is 5.75 Å². The van der Waals surface area contributed by atoms with Crippen LogP contribution in [0.3, 0.4) is 0 Å². The van der Waals surface area contributed by atoms with E-state index in [9.17, 15) is 4.39 Å². The normalized spacial score (nSPS) is 20.2. The van der Waals surface area contributed by atoms with E-state index in [1.807, 2.05) is 35.7 Å². The first-order chi connectivity index (χ1) is 13.4. The predicted molar refractivity (Wildman–Crippen MR) is 109 cm³/mol. The highest BCUT2D eigenvalue weighted by atomic mass is 31.0. The molecule has 1 aliphatic heterocycles. The fourth-order valence-corrected chi connectivity index (χ4v) is 4.01. The Morgan fingerprint density at radius 3 is 3.00 bits per heavy atom. The molecular weight excluding hydrogens is 376 g/mol. The molecule has 1 aromatic carbocycles. The van der Waals surface area contributed by atoms with Gasteiger partial charge in [-0.2, -0.15) is 14.5 Å². The van der Waals surface area contributed by atoms with Crippen LogP contribution < -0.4 is 4.74 Å². The number of hydrogen-bond acceptors (Lipinski definition) is 5. The van der Waals surface area contributed by atoms with Crippen LogP contribution in [0.5, 0.6) is 5.75 Å². The van der Waals surface area contributed by atoms with Crippen molar-refractivity contribution in [1.29, 1.82) is 0 Å². The number of likely N-dealkylation sites (tertiary alicyclic amines) is 1. The Bertz CT molecular complexity index is 971. The fraction of sp³-hybridized carbons (Fsp3) is 0.450. The molecule has 2 aromatic heterocycles. The summed E-state index contributed by atoms with van der Waals surface area (Å²) in [5, 5.41) is 4.36. The molecule has 0 N–H and O–H groups in total. The quantitative estimate of drug-likeness (QED) is 0.610. The van der Waals surface area contributed by atoms with Crippen molar-refractivity contribution in [2.45, 2.75) is 44.7 Å². The van der Waals surface area contributed by atoms with Gasteiger partial charge in [0.2, 0.25) is 0 Å². The van der Waals surface area contributed by atoms with Gasteiger partial charge in [0.1, 0.15) is 12.1 Å². The highest BCUT2D eigenvalue weighted by Gasteiger charge is 2.26. The number of ether oxygens (including phenoxy) is 1. The standard InChI is InChI=1S/C20H25FN5OP/c1-14-10-17(26-19(24-14)22-13-23-26)15-7-5-9-25(11-15)12-16-6-3-4-8-18(16)27-20(2,21)28/h3-4,6,8,10,13,15H,5,7,9,11-12,28H2,1-2H3. The van der Waals surface area contributed by atoms with Crippen LogP contribution in [0, 0.1) is 6.92 Å². The van der Waals surface area contributed by atoms with Gasteiger partial charge in [-0.25, -0.2) is 9.50 Å². The van der Waals surface area contributed by atoms with Gasteiger partial charge >= 0.3 is 0 Å². The number of alkyl halides is 1. The second-order valence-electron chi connectivity index (χ2n) is 7.56. The van der Waals surface area contributed by atoms with Crippen LogP contribution in [-0.2, 0) is 6.54 Å². The molecule has 4 rings (SSSR count). The Morgan fingerprint density at radius 1 is 1.36 bits per heavy atom. The number of fused-ring (bicyclic) bond motifs is 1. The van der Waals surface area contributed by atoms with Gasteiger partial charge in [-0.15, -0.1) is 0 Å². The summed E-state index contributed by atoms with van der Waals surface area (Å²) in [5.41, 5.74) is 1.31. The van der Waals surface area contributed by atoms with Gasteiger partial charge in [0.05, 0.1) is 5.69 Å². The third kappa shape index (κ3) is 4.31. The van der Waals surface area contributed by atoms with Gasteiger partial charge in [0, 0.05) is 37.2 Å². The van der Waals surface area contributed by atoms with E-state index < -0.39 is 5.60 Å². The summed E-state index contributed by atoms with van der Waals surface area (Å²) in [4.78, 5) is 11.1. The molecule has 0 spiro atoms. The lowest BCUT2D eigenvalue weighted by molar-refractivity contribution is 0.0452. The van der Waals surface area contributed by atoms with Crippen molar-refractivity contribution >= 4 is 15.0 Å². The monoisotopic (exact) mass is 401 g/mol. The lowest BCUT2D eigenvalue weighted by Gasteiger charge is -2.33. The molecule has 28 heavy (non-hydrogen) atoms. The molecule has 0 aliphatic carbocycles. The summed E-state index contributed by atoms with van der Waals surface area (Å²) >= 11 is 0. The molecule has 1 aliphatic rings. The van der Waals surface area contributed by atoms with Gasteiger partial charge in [0.25, 0.3) is 11.4 Å². The zero-order valence-corrected chi connectivity index (χ0v) is 17.3. The van der Waals surface area contributed by atoms with Crippen LogP contribution in [-0.4, -0.2) is 43.2 Å². The number of para-hydroxylation sites is 1. The molecule has 3 atom stereocenters. The number of rotatable bonds is 5. The van der Waals surface area contributed by atoms with Crippen molar-refractivity contribution in [2.75, 3.05) is 13.1 Å². The maximum atomic E-state index is 14.0. The van der Waals surface area contributed by atoms with Gasteiger partial charge in [-0.3, -0.25) is 4.90 Å². The summed E-state index contributed by atoms with van der Waals surface area (Å²) in [7, 11) is 2.09. The Labute approximate surface area is 166 Å². The van der Waals surface area contributed by atoms with Crippen molar-refractivity contribution in [3.05, 3.63) is 53.6 Å². The van der Waals surface area contributed by atoms with E-state index in [4.69, 9.17) is 4.74 Å². The van der Waals surface area contributed by atoms with Gasteiger partial charge in [0.15, 0.2) is 0 Å². The molecule has 148 valence electrons. The zero-order chi connectivity index (χ0) is 19.7. The third-order valence-electron chi connectivity index (χ3n) is 5.01. The second kappa shape index (κ2) is 7.72. The summed E-state index contributed by atoms with van der Waals surface area (Å²) in [5.74, 6) is 1.58. The number of benzene rings is 1. The van der Waals surface area contributed by atoms with Crippen molar-refractivity contribution in [1.82, 2.24) is 24.5 Å². The van der Waals surface area contributed by atoms with Crippen molar-refractivity contribution < 1.29 is 9.13 Å². The Hall–Kier alpha value is -2.11. The molecule has 0 amide bonds. The average Bonchev–Trinajstić information content (AvgIpc) is 3.10. The molecule has 3 aromatic rings. The minimum Gasteiger partial charge on any atom is -0.455 e. The van der Waals surface area contributed by atoms with Crippen LogP contribution in [0.4, 0.5) is 4.39 Å². The largest absolute Gasteiger partial charge is 0.455 e. The SMILES string of the molecule is Cc1cc(C2CCCN(Cc3ccccc3OC(C)(F)P)C2)n2ncnc2n1. The highest BCUT2D eigenvalue weighted by Crippen LogP contribution is 2.32. The lowest BCUT2D eigenvalue weighted by atomic mass is 9.93. The molecule has 1 saturated heterocycles. The molecule has 3 unspecified atom stereocenters. The fourth-order valence-electron chi connectivity index (χ4n) is 3.88. The number of aryl methyl sites for hydroxylation is 1. The van der Waals surface area contributed by atoms with Crippen LogP contribution >= 0.6 is 9.24 Å². The van der Waals surface area contributed by atoms with Gasteiger partial charge in [-0.05, 0) is 38.4 Å². The summed E-state index contributed by atoms with van der Waals surface area (Å²) in [6, 6.07) is 9.77. The molecule has 8 heteroatoms. The predicted octanol–water partition coefficient (Wildman–Crippen LogP) is 3.71. The van der Waals surface area contributed by atoms with E-state index in [0.29, 0.717) is 17.4 Å². The Balaban J connectivity index is 1.54. The van der Waals surface area contributed by atoms with E-state index >= 15 is 0 Å². The molecule has 0 radical (unpaired) electrons. The van der Waals surface area contributed by atoms with Crippen molar-refractivity contribution in [2.24, 2.45) is 0 Å². The van der Waals surface area contributed by atoms with Crippen LogP contribution in [0.25, 0.3) is 5.78 Å². The summed E-state index contributed by atoms with van der Waals surface area (Å²) < 4.78 is 21.3. The van der Waals surface area contributed by atoms with Crippen LogP contribution in [0.2, 0.25) is 0 Å². The maximum Gasteiger partial charge on any atom is 0.256 e. The first-order valence-electron chi connectivity index (χ1n) is 9.53. The summed E-state index contributed by atoms with van der Waals surface area (Å²) in [6.45, 7) is 6.01. The Kier molecular flexibility index (Phi) is 5.30.